The summed E-state index contributed by atoms with van der Waals surface area (Å²) < 4.78 is 2.31. The molecule has 0 amide bonds. The Hall–Kier alpha value is -1.76. The van der Waals surface area contributed by atoms with E-state index >= 15 is 0 Å². The van der Waals surface area contributed by atoms with Gasteiger partial charge < -0.3 is 4.57 Å². The van der Waals surface area contributed by atoms with Crippen molar-refractivity contribution in [3.8, 4) is 0 Å². The molecule has 0 fully saturated rings. The summed E-state index contributed by atoms with van der Waals surface area (Å²) in [6, 6.07) is 18.1. The molecule has 0 unspecified atom stereocenters. The molecule has 1 heteroatoms. The predicted molar refractivity (Wildman–Crippen MR) is 64.0 cm³/mol. The first-order valence-electron chi connectivity index (χ1n) is 5.29. The number of nitrogens with zero attached hydrogens (tertiary/aromatic N) is 1. The lowest BCUT2D eigenvalue weighted by atomic mass is 10.2. The van der Waals surface area contributed by atoms with Gasteiger partial charge in [0.15, 0.2) is 0 Å². The van der Waals surface area contributed by atoms with E-state index in [4.69, 9.17) is 0 Å². The van der Waals surface area contributed by atoms with Crippen LogP contribution in [0.2, 0.25) is 0 Å². The fraction of sp³-hybridized carbons (Fsp3) is 0.143. The average molecular weight is 194 g/mol. The van der Waals surface area contributed by atoms with E-state index in [2.05, 4.69) is 54.0 Å². The van der Waals surface area contributed by atoms with E-state index in [-0.39, 0.29) is 0 Å². The molecule has 0 bridgehead atoms. The van der Waals surface area contributed by atoms with Crippen molar-refractivity contribution in [2.75, 3.05) is 0 Å². The van der Waals surface area contributed by atoms with Crippen molar-refractivity contribution in [1.82, 2.24) is 4.57 Å². The largest absolute Gasteiger partial charge is 0.340 e. The molecule has 0 aliphatic carbocycles. The Balaban J connectivity index is 2.62. The minimum atomic E-state index is 0.991. The van der Waals surface area contributed by atoms with E-state index < -0.39 is 0 Å². The van der Waals surface area contributed by atoms with Gasteiger partial charge in [0.25, 0.3) is 0 Å². The van der Waals surface area contributed by atoms with Crippen molar-refractivity contribution >= 4 is 21.8 Å². The van der Waals surface area contributed by atoms with E-state index in [9.17, 15) is 0 Å². The van der Waals surface area contributed by atoms with Gasteiger partial charge in [-0.3, -0.25) is 0 Å². The third kappa shape index (κ3) is 1.09. The van der Waals surface area contributed by atoms with Crippen LogP contribution in [0.3, 0.4) is 0 Å². The zero-order valence-corrected chi connectivity index (χ0v) is 8.70. The average Bonchev–Trinajstić information content (AvgIpc) is 2.63. The molecule has 0 saturated heterocycles. The number of aryl methyl sites for hydroxylation is 1. The van der Waals surface area contributed by atoms with Gasteiger partial charge in [-0.1, -0.05) is 36.4 Å². The van der Waals surface area contributed by atoms with Crippen LogP contribution in [0.1, 0.15) is 6.92 Å². The van der Waals surface area contributed by atoms with Gasteiger partial charge in [-0.05, 0) is 13.0 Å². The first kappa shape index (κ1) is 8.54. The van der Waals surface area contributed by atoms with Crippen LogP contribution in [0.15, 0.2) is 42.5 Å². The Morgan fingerprint density at radius 1 is 1.07 bits per heavy atom. The van der Waals surface area contributed by atoms with Crippen LogP contribution in [-0.4, -0.2) is 4.57 Å². The van der Waals surface area contributed by atoms with Crippen LogP contribution in [-0.2, 0) is 6.54 Å². The summed E-state index contributed by atoms with van der Waals surface area (Å²) in [5, 5.41) is 2.63. The molecule has 0 aliphatic heterocycles. The first-order chi connectivity index (χ1) is 7.42. The highest BCUT2D eigenvalue weighted by atomic mass is 15.0. The van der Waals surface area contributed by atoms with Crippen LogP contribution in [0.25, 0.3) is 21.8 Å². The molecular weight excluding hydrogens is 182 g/mol. The number of fused-ring (bicyclic) bond motifs is 3. The summed E-state index contributed by atoms with van der Waals surface area (Å²) in [5.74, 6) is 0. The number of rotatable bonds is 1. The summed E-state index contributed by atoms with van der Waals surface area (Å²) >= 11 is 0. The molecule has 1 heterocycles. The van der Waals surface area contributed by atoms with Gasteiger partial charge in [-0.25, -0.2) is 0 Å². The highest BCUT2D eigenvalue weighted by Crippen LogP contribution is 2.27. The van der Waals surface area contributed by atoms with E-state index in [1.807, 2.05) is 6.07 Å². The van der Waals surface area contributed by atoms with E-state index in [1.54, 1.807) is 0 Å². The van der Waals surface area contributed by atoms with Crippen molar-refractivity contribution in [3.05, 3.63) is 48.5 Å². The lowest BCUT2D eigenvalue weighted by Crippen LogP contribution is -1.92. The Kier molecular flexibility index (Phi) is 1.78. The maximum absolute atomic E-state index is 3.32. The third-order valence-electron chi connectivity index (χ3n) is 2.91. The second-order valence-corrected chi connectivity index (χ2v) is 3.69. The van der Waals surface area contributed by atoms with Crippen LogP contribution < -0.4 is 0 Å². The van der Waals surface area contributed by atoms with Gasteiger partial charge in [0.2, 0.25) is 0 Å². The van der Waals surface area contributed by atoms with Crippen molar-refractivity contribution in [2.24, 2.45) is 0 Å². The zero-order chi connectivity index (χ0) is 10.3. The summed E-state index contributed by atoms with van der Waals surface area (Å²) in [4.78, 5) is 0. The lowest BCUT2D eigenvalue weighted by molar-refractivity contribution is 0.827. The van der Waals surface area contributed by atoms with E-state index in [0.717, 1.165) is 6.54 Å². The van der Waals surface area contributed by atoms with Crippen molar-refractivity contribution < 1.29 is 0 Å². The van der Waals surface area contributed by atoms with E-state index in [1.165, 1.54) is 21.8 Å². The lowest BCUT2D eigenvalue weighted by Gasteiger charge is -2.01. The summed E-state index contributed by atoms with van der Waals surface area (Å²) in [6.45, 7) is 3.16. The molecule has 3 rings (SSSR count). The SMILES string of the molecule is CCn1c2[c]cccc2c2ccccc21. The normalized spacial score (nSPS) is 11.3. The maximum Gasteiger partial charge on any atom is 0.0571 e. The summed E-state index contributed by atoms with van der Waals surface area (Å²) in [6.07, 6.45) is 0. The number of aromatic nitrogens is 1. The van der Waals surface area contributed by atoms with Gasteiger partial charge >= 0.3 is 0 Å². The van der Waals surface area contributed by atoms with Crippen molar-refractivity contribution in [1.29, 1.82) is 0 Å². The molecule has 1 aromatic heterocycles. The molecule has 0 spiro atoms. The van der Waals surface area contributed by atoms with Gasteiger partial charge in [0.05, 0.1) is 5.52 Å². The number of hydrogen-bond acceptors (Lipinski definition) is 0. The molecule has 0 saturated carbocycles. The molecule has 1 radical (unpaired) electrons. The van der Waals surface area contributed by atoms with E-state index in [0.29, 0.717) is 0 Å². The third-order valence-corrected chi connectivity index (χ3v) is 2.91. The molecular formula is C14H12N. The van der Waals surface area contributed by atoms with Crippen LogP contribution >= 0.6 is 0 Å². The standard InChI is InChI=1S/C14H12N/c1-2-15-13-9-5-3-7-11(13)12-8-4-6-10-14(12)15/h3-9H,2H2,1H3. The second kappa shape index (κ2) is 3.13. The fourth-order valence-corrected chi connectivity index (χ4v) is 2.25. The van der Waals surface area contributed by atoms with Gasteiger partial charge in [0.1, 0.15) is 0 Å². The molecule has 0 N–H and O–H groups in total. The number of hydrogen-bond donors (Lipinski definition) is 0. The molecule has 3 aromatic rings. The van der Waals surface area contributed by atoms with Crippen LogP contribution in [0.5, 0.6) is 0 Å². The van der Waals surface area contributed by atoms with Crippen LogP contribution in [0, 0.1) is 6.07 Å². The monoisotopic (exact) mass is 194 g/mol. The fourth-order valence-electron chi connectivity index (χ4n) is 2.25. The minimum Gasteiger partial charge on any atom is -0.340 e. The second-order valence-electron chi connectivity index (χ2n) is 3.69. The smallest absolute Gasteiger partial charge is 0.0571 e. The van der Waals surface area contributed by atoms with Gasteiger partial charge in [0, 0.05) is 28.9 Å². The molecule has 1 nitrogen and oxygen atoms in total. The maximum atomic E-state index is 3.32. The quantitative estimate of drug-likeness (QED) is 0.557. The number of benzene rings is 2. The zero-order valence-electron chi connectivity index (χ0n) is 8.70. The summed E-state index contributed by atoms with van der Waals surface area (Å²) in [7, 11) is 0. The molecule has 73 valence electrons. The molecule has 15 heavy (non-hydrogen) atoms. The van der Waals surface area contributed by atoms with Crippen molar-refractivity contribution in [2.45, 2.75) is 13.5 Å². The molecule has 2 aromatic carbocycles. The van der Waals surface area contributed by atoms with Gasteiger partial charge in [-0.15, -0.1) is 0 Å². The summed E-state index contributed by atoms with van der Waals surface area (Å²) in [5.41, 5.74) is 2.51. The van der Waals surface area contributed by atoms with Gasteiger partial charge in [-0.2, -0.15) is 0 Å². The van der Waals surface area contributed by atoms with Crippen molar-refractivity contribution in [3.63, 3.8) is 0 Å². The Morgan fingerprint density at radius 2 is 1.87 bits per heavy atom. The molecule has 0 atom stereocenters. The highest BCUT2D eigenvalue weighted by molar-refractivity contribution is 6.07. The Bertz CT molecular complexity index is 566. The number of para-hydroxylation sites is 2. The highest BCUT2D eigenvalue weighted by Gasteiger charge is 2.07. The van der Waals surface area contributed by atoms with Crippen LogP contribution in [0.4, 0.5) is 0 Å². The Morgan fingerprint density at radius 3 is 2.73 bits per heavy atom. The predicted octanol–water partition coefficient (Wildman–Crippen LogP) is 3.61. The topological polar surface area (TPSA) is 4.93 Å². The first-order valence-corrected chi connectivity index (χ1v) is 5.29. The molecule has 0 aliphatic rings. The Labute approximate surface area is 88.9 Å². The minimum absolute atomic E-state index is 0.991.